The Morgan fingerprint density at radius 1 is 1.50 bits per heavy atom. The maximum atomic E-state index is 11.3. The van der Waals surface area contributed by atoms with Crippen LogP contribution in [-0.2, 0) is 10.0 Å². The normalized spacial score (nSPS) is 25.6. The predicted molar refractivity (Wildman–Crippen MR) is 67.3 cm³/mol. The highest BCUT2D eigenvalue weighted by Gasteiger charge is 2.30. The van der Waals surface area contributed by atoms with E-state index in [0.29, 0.717) is 19.4 Å². The van der Waals surface area contributed by atoms with E-state index in [1.54, 1.807) is 0 Å². The summed E-state index contributed by atoms with van der Waals surface area (Å²) in [6, 6.07) is 0.285. The highest BCUT2D eigenvalue weighted by Crippen LogP contribution is 2.24. The van der Waals surface area contributed by atoms with Crippen molar-refractivity contribution in [2.45, 2.75) is 44.0 Å². The van der Waals surface area contributed by atoms with Crippen LogP contribution in [0.15, 0.2) is 6.33 Å². The summed E-state index contributed by atoms with van der Waals surface area (Å²) in [5.74, 6) is 0.859. The quantitative estimate of drug-likeness (QED) is 0.803. The average Bonchev–Trinajstić information content (AvgIpc) is 2.77. The second kappa shape index (κ2) is 4.94. The molecule has 18 heavy (non-hydrogen) atoms. The number of nitrogens with two attached hydrogens (primary N) is 1. The lowest BCUT2D eigenvalue weighted by Crippen LogP contribution is -2.44. The third-order valence-electron chi connectivity index (χ3n) is 3.24. The van der Waals surface area contributed by atoms with E-state index >= 15 is 0 Å². The van der Waals surface area contributed by atoms with Gasteiger partial charge in [-0.25, -0.2) is 23.2 Å². The van der Waals surface area contributed by atoms with Crippen LogP contribution in [0, 0.1) is 0 Å². The first-order valence-electron chi connectivity index (χ1n) is 6.04. The van der Waals surface area contributed by atoms with E-state index in [2.05, 4.69) is 15.4 Å². The van der Waals surface area contributed by atoms with Gasteiger partial charge in [-0.2, -0.15) is 5.10 Å². The van der Waals surface area contributed by atoms with Crippen LogP contribution < -0.4 is 10.5 Å². The second-order valence-electron chi connectivity index (χ2n) is 4.91. The van der Waals surface area contributed by atoms with Crippen LogP contribution >= 0.6 is 0 Å². The largest absolute Gasteiger partial charge is 0.306 e. The summed E-state index contributed by atoms with van der Waals surface area (Å²) in [7, 11) is -3.45. The van der Waals surface area contributed by atoms with Crippen molar-refractivity contribution in [2.24, 2.45) is 5.14 Å². The fourth-order valence-corrected chi connectivity index (χ4v) is 3.03. The van der Waals surface area contributed by atoms with Crippen LogP contribution in [-0.4, -0.2) is 35.0 Å². The minimum atomic E-state index is -3.45. The van der Waals surface area contributed by atoms with Crippen LogP contribution in [0.3, 0.4) is 0 Å². The van der Waals surface area contributed by atoms with Crippen LogP contribution in [0.5, 0.6) is 0 Å². The predicted octanol–water partition coefficient (Wildman–Crippen LogP) is -0.0594. The third kappa shape index (κ3) is 2.70. The van der Waals surface area contributed by atoms with Crippen molar-refractivity contribution < 1.29 is 8.42 Å². The second-order valence-corrected chi connectivity index (χ2v) is 6.75. The fraction of sp³-hybridized carbons (Fsp3) is 0.800. The molecule has 2 heterocycles. The molecule has 2 rings (SSSR count). The molecule has 1 aliphatic rings. The first kappa shape index (κ1) is 13.4. The number of nitrogens with one attached hydrogen (secondary N) is 1. The number of aromatic nitrogens is 3. The van der Waals surface area contributed by atoms with Gasteiger partial charge in [0.15, 0.2) is 0 Å². The molecule has 3 N–H and O–H groups in total. The van der Waals surface area contributed by atoms with E-state index in [1.165, 1.54) is 6.33 Å². The Balaban J connectivity index is 2.08. The molecule has 1 aliphatic heterocycles. The molecule has 1 fully saturated rings. The SMILES string of the molecule is CC(C)n1ncnc1C1CCC(S(N)(=O)=O)CN1. The number of sulfonamides is 1. The third-order valence-corrected chi connectivity index (χ3v) is 4.57. The summed E-state index contributed by atoms with van der Waals surface area (Å²) < 4.78 is 24.4. The number of hydrogen-bond donors (Lipinski definition) is 2. The minimum absolute atomic E-state index is 0.0490. The zero-order valence-corrected chi connectivity index (χ0v) is 11.4. The molecule has 8 heteroatoms. The van der Waals surface area contributed by atoms with Gasteiger partial charge in [-0.1, -0.05) is 0 Å². The molecular weight excluding hydrogens is 254 g/mol. The summed E-state index contributed by atoms with van der Waals surface area (Å²) in [6.45, 7) is 4.44. The van der Waals surface area contributed by atoms with Gasteiger partial charge in [0.25, 0.3) is 0 Å². The number of primary sulfonamides is 1. The molecule has 0 spiro atoms. The van der Waals surface area contributed by atoms with Gasteiger partial charge in [-0.15, -0.1) is 0 Å². The van der Waals surface area contributed by atoms with E-state index in [4.69, 9.17) is 5.14 Å². The van der Waals surface area contributed by atoms with E-state index in [-0.39, 0.29) is 12.1 Å². The summed E-state index contributed by atoms with van der Waals surface area (Å²) in [4.78, 5) is 4.26. The smallest absolute Gasteiger partial charge is 0.213 e. The Morgan fingerprint density at radius 2 is 2.22 bits per heavy atom. The van der Waals surface area contributed by atoms with E-state index < -0.39 is 15.3 Å². The summed E-state index contributed by atoms with van der Waals surface area (Å²) >= 11 is 0. The van der Waals surface area contributed by atoms with Crippen molar-refractivity contribution >= 4 is 10.0 Å². The molecule has 1 saturated heterocycles. The van der Waals surface area contributed by atoms with Crippen molar-refractivity contribution in [3.05, 3.63) is 12.2 Å². The molecule has 2 unspecified atom stereocenters. The van der Waals surface area contributed by atoms with Gasteiger partial charge in [-0.05, 0) is 26.7 Å². The first-order chi connectivity index (χ1) is 8.39. The van der Waals surface area contributed by atoms with E-state index in [1.807, 2.05) is 18.5 Å². The van der Waals surface area contributed by atoms with Crippen molar-refractivity contribution in [1.82, 2.24) is 20.1 Å². The lowest BCUT2D eigenvalue weighted by Gasteiger charge is -2.28. The average molecular weight is 273 g/mol. The van der Waals surface area contributed by atoms with Gasteiger partial charge in [0.1, 0.15) is 12.2 Å². The Kier molecular flexibility index (Phi) is 3.69. The van der Waals surface area contributed by atoms with Gasteiger partial charge in [0.05, 0.1) is 11.3 Å². The molecule has 0 radical (unpaired) electrons. The molecule has 0 saturated carbocycles. The standard InChI is InChI=1S/C10H19N5O2S/c1-7(2)15-10(13-6-14-15)9-4-3-8(5-12-9)18(11,16)17/h6-9,12H,3-5H2,1-2H3,(H2,11,16,17). The highest BCUT2D eigenvalue weighted by atomic mass is 32.2. The highest BCUT2D eigenvalue weighted by molar-refractivity contribution is 7.89. The zero-order valence-electron chi connectivity index (χ0n) is 10.6. The monoisotopic (exact) mass is 273 g/mol. The maximum absolute atomic E-state index is 11.3. The Bertz CT molecular complexity index is 502. The first-order valence-corrected chi connectivity index (χ1v) is 7.65. The van der Waals surface area contributed by atoms with Gasteiger partial charge < -0.3 is 5.32 Å². The molecule has 0 aromatic carbocycles. The fourth-order valence-electron chi connectivity index (χ4n) is 2.24. The molecule has 7 nitrogen and oxygen atoms in total. The Labute approximate surface area is 107 Å². The molecule has 0 aliphatic carbocycles. The molecule has 0 bridgehead atoms. The van der Waals surface area contributed by atoms with Gasteiger partial charge in [-0.3, -0.25) is 0 Å². The number of hydrogen-bond acceptors (Lipinski definition) is 5. The zero-order chi connectivity index (χ0) is 13.3. The van der Waals surface area contributed by atoms with Crippen molar-refractivity contribution in [3.8, 4) is 0 Å². The molecule has 2 atom stereocenters. The summed E-state index contributed by atoms with van der Waals surface area (Å²) in [6.07, 6.45) is 2.79. The molecule has 1 aromatic heterocycles. The van der Waals surface area contributed by atoms with Crippen molar-refractivity contribution in [3.63, 3.8) is 0 Å². The number of rotatable bonds is 3. The van der Waals surface area contributed by atoms with Crippen molar-refractivity contribution in [2.75, 3.05) is 6.54 Å². The lowest BCUT2D eigenvalue weighted by molar-refractivity contribution is 0.367. The molecule has 102 valence electrons. The van der Waals surface area contributed by atoms with Crippen LogP contribution in [0.2, 0.25) is 0 Å². The topological polar surface area (TPSA) is 103 Å². The number of piperidine rings is 1. The molecular formula is C10H19N5O2S. The molecule has 1 aromatic rings. The van der Waals surface area contributed by atoms with E-state index in [0.717, 1.165) is 5.82 Å². The minimum Gasteiger partial charge on any atom is -0.306 e. The summed E-state index contributed by atoms with van der Waals surface area (Å²) in [5, 5.41) is 12.0. The van der Waals surface area contributed by atoms with Crippen LogP contribution in [0.25, 0.3) is 0 Å². The van der Waals surface area contributed by atoms with Crippen molar-refractivity contribution in [1.29, 1.82) is 0 Å². The van der Waals surface area contributed by atoms with Crippen LogP contribution in [0.1, 0.15) is 44.6 Å². The van der Waals surface area contributed by atoms with Gasteiger partial charge in [0.2, 0.25) is 10.0 Å². The molecule has 0 amide bonds. The Morgan fingerprint density at radius 3 is 2.72 bits per heavy atom. The van der Waals surface area contributed by atoms with Gasteiger partial charge in [0, 0.05) is 12.6 Å². The maximum Gasteiger partial charge on any atom is 0.213 e. The van der Waals surface area contributed by atoms with Gasteiger partial charge >= 0.3 is 0 Å². The number of nitrogens with zero attached hydrogens (tertiary/aromatic N) is 3. The lowest BCUT2D eigenvalue weighted by atomic mass is 10.0. The Hall–Kier alpha value is -0.990. The van der Waals surface area contributed by atoms with E-state index in [9.17, 15) is 8.42 Å². The summed E-state index contributed by atoms with van der Waals surface area (Å²) in [5.41, 5.74) is 0. The van der Waals surface area contributed by atoms with Crippen LogP contribution in [0.4, 0.5) is 0 Å².